The predicted molar refractivity (Wildman–Crippen MR) is 95.3 cm³/mol. The molecule has 0 atom stereocenters. The monoisotopic (exact) mass is 283 g/mol. The van der Waals surface area contributed by atoms with Crippen molar-refractivity contribution in [2.24, 2.45) is 7.05 Å². The lowest BCUT2D eigenvalue weighted by atomic mass is 9.94. The second kappa shape index (κ2) is 4.23. The molecule has 1 aliphatic rings. The van der Waals surface area contributed by atoms with Gasteiger partial charge in [0.2, 0.25) is 0 Å². The first-order chi connectivity index (χ1) is 10.8. The quantitative estimate of drug-likeness (QED) is 0.405. The van der Waals surface area contributed by atoms with Crippen molar-refractivity contribution in [3.8, 4) is 0 Å². The van der Waals surface area contributed by atoms with Gasteiger partial charge in [0.1, 0.15) is 0 Å². The van der Waals surface area contributed by atoms with Crippen molar-refractivity contribution in [3.63, 3.8) is 0 Å². The van der Waals surface area contributed by atoms with Gasteiger partial charge >= 0.3 is 0 Å². The maximum Gasteiger partial charge on any atom is 0.0565 e. The molecule has 1 aromatic heterocycles. The smallest absolute Gasteiger partial charge is 0.0565 e. The fraction of sp³-hybridized carbons (Fsp3) is 0.143. The van der Waals surface area contributed by atoms with Gasteiger partial charge in [0.25, 0.3) is 0 Å². The van der Waals surface area contributed by atoms with E-state index < -0.39 is 0 Å². The molecule has 1 nitrogen and oxygen atoms in total. The molecule has 0 spiro atoms. The number of nitrogens with zero attached hydrogens (tertiary/aromatic N) is 1. The van der Waals surface area contributed by atoms with Gasteiger partial charge in [-0.3, -0.25) is 0 Å². The fourth-order valence-electron chi connectivity index (χ4n) is 4.00. The Balaban J connectivity index is 2.08. The van der Waals surface area contributed by atoms with Crippen LogP contribution >= 0.6 is 0 Å². The van der Waals surface area contributed by atoms with E-state index >= 15 is 0 Å². The molecule has 0 N–H and O–H groups in total. The standard InChI is InChI=1S/C21H17N/c1-22-19-13-11-14-6-2-4-8-16(14)20(19)18-12-10-15-7-3-5-9-17(15)21(18)22/h2,4-6,8-13H,3,7H2,1H3. The third-order valence-corrected chi connectivity index (χ3v) is 5.05. The average molecular weight is 283 g/mol. The van der Waals surface area contributed by atoms with Crippen LogP contribution in [0.2, 0.25) is 0 Å². The van der Waals surface area contributed by atoms with Crippen LogP contribution in [0.15, 0.2) is 54.6 Å². The molecular weight excluding hydrogens is 266 g/mol. The minimum absolute atomic E-state index is 1.16. The Labute approximate surface area is 129 Å². The van der Waals surface area contributed by atoms with Crippen LogP contribution in [0.25, 0.3) is 38.7 Å². The molecule has 1 aliphatic carbocycles. The van der Waals surface area contributed by atoms with Crippen LogP contribution in [0.5, 0.6) is 0 Å². The van der Waals surface area contributed by atoms with Gasteiger partial charge in [-0.15, -0.1) is 0 Å². The maximum atomic E-state index is 2.37. The third kappa shape index (κ3) is 1.43. The first-order valence-electron chi connectivity index (χ1n) is 7.93. The van der Waals surface area contributed by atoms with Crippen molar-refractivity contribution in [3.05, 3.63) is 65.7 Å². The van der Waals surface area contributed by atoms with Crippen molar-refractivity contribution >= 4 is 38.7 Å². The lowest BCUT2D eigenvalue weighted by molar-refractivity contribution is 0.972. The molecule has 1 heteroatoms. The molecule has 0 amide bonds. The highest BCUT2D eigenvalue weighted by atomic mass is 14.9. The van der Waals surface area contributed by atoms with Gasteiger partial charge in [-0.1, -0.05) is 54.6 Å². The normalized spacial score (nSPS) is 14.0. The van der Waals surface area contributed by atoms with Gasteiger partial charge in [-0.25, -0.2) is 0 Å². The van der Waals surface area contributed by atoms with Gasteiger partial charge < -0.3 is 4.57 Å². The Morgan fingerprint density at radius 2 is 1.82 bits per heavy atom. The molecule has 1 heterocycles. The Hall–Kier alpha value is -2.54. The topological polar surface area (TPSA) is 4.93 Å². The van der Waals surface area contributed by atoms with Crippen LogP contribution in [0.1, 0.15) is 17.5 Å². The number of hydrogen-bond donors (Lipinski definition) is 0. The van der Waals surface area contributed by atoms with Crippen molar-refractivity contribution in [1.82, 2.24) is 4.57 Å². The molecule has 0 radical (unpaired) electrons. The zero-order chi connectivity index (χ0) is 14.7. The van der Waals surface area contributed by atoms with Gasteiger partial charge in [0.15, 0.2) is 0 Å². The molecule has 3 aromatic carbocycles. The highest BCUT2D eigenvalue weighted by Gasteiger charge is 2.16. The van der Waals surface area contributed by atoms with Crippen LogP contribution in [0.3, 0.4) is 0 Å². The summed E-state index contributed by atoms with van der Waals surface area (Å²) in [5.41, 5.74) is 5.58. The molecule has 5 rings (SSSR count). The number of aromatic nitrogens is 1. The molecule has 4 aromatic rings. The van der Waals surface area contributed by atoms with Crippen LogP contribution < -0.4 is 0 Å². The molecule has 0 aliphatic heterocycles. The number of allylic oxidation sites excluding steroid dienone is 1. The molecule has 106 valence electrons. The van der Waals surface area contributed by atoms with E-state index in [9.17, 15) is 0 Å². The van der Waals surface area contributed by atoms with Crippen LogP contribution in [0, 0.1) is 0 Å². The van der Waals surface area contributed by atoms with E-state index in [1.54, 1.807) is 0 Å². The summed E-state index contributed by atoms with van der Waals surface area (Å²) in [7, 11) is 2.20. The van der Waals surface area contributed by atoms with Crippen molar-refractivity contribution < 1.29 is 0 Å². The minimum Gasteiger partial charge on any atom is -0.343 e. The maximum absolute atomic E-state index is 2.37. The van der Waals surface area contributed by atoms with E-state index in [4.69, 9.17) is 0 Å². The van der Waals surface area contributed by atoms with Crippen LogP contribution in [-0.4, -0.2) is 4.57 Å². The summed E-state index contributed by atoms with van der Waals surface area (Å²) in [6.45, 7) is 0. The first-order valence-corrected chi connectivity index (χ1v) is 7.93. The second-order valence-corrected chi connectivity index (χ2v) is 6.22. The van der Waals surface area contributed by atoms with Gasteiger partial charge in [0.05, 0.1) is 5.52 Å². The lowest BCUT2D eigenvalue weighted by Crippen LogP contribution is -1.97. The van der Waals surface area contributed by atoms with E-state index in [1.807, 2.05) is 0 Å². The SMILES string of the molecule is Cn1c2ccc3ccccc3c2c2ccc3c(c21)C=CCC3. The second-order valence-electron chi connectivity index (χ2n) is 6.22. The highest BCUT2D eigenvalue weighted by molar-refractivity contribution is 6.21. The number of benzene rings is 3. The van der Waals surface area contributed by atoms with E-state index in [0.29, 0.717) is 0 Å². The summed E-state index contributed by atoms with van der Waals surface area (Å²) in [4.78, 5) is 0. The fourth-order valence-corrected chi connectivity index (χ4v) is 4.00. The molecule has 0 saturated heterocycles. The molecule has 0 saturated carbocycles. The van der Waals surface area contributed by atoms with Crippen molar-refractivity contribution in [1.29, 1.82) is 0 Å². The third-order valence-electron chi connectivity index (χ3n) is 5.05. The molecule has 0 fully saturated rings. The molecular formula is C21H17N. The number of hydrogen-bond acceptors (Lipinski definition) is 0. The van der Waals surface area contributed by atoms with Crippen LogP contribution in [-0.2, 0) is 13.5 Å². The summed E-state index contributed by atoms with van der Waals surface area (Å²) in [5.74, 6) is 0. The summed E-state index contributed by atoms with van der Waals surface area (Å²) in [5, 5.41) is 5.43. The van der Waals surface area contributed by atoms with Crippen LogP contribution in [0.4, 0.5) is 0 Å². The Kier molecular flexibility index (Phi) is 2.32. The molecule has 22 heavy (non-hydrogen) atoms. The largest absolute Gasteiger partial charge is 0.343 e. The van der Waals surface area contributed by atoms with E-state index in [0.717, 1.165) is 12.8 Å². The van der Waals surface area contributed by atoms with E-state index in [1.165, 1.54) is 43.7 Å². The highest BCUT2D eigenvalue weighted by Crippen LogP contribution is 2.38. The van der Waals surface area contributed by atoms with Gasteiger partial charge in [-0.05, 0) is 35.2 Å². The summed E-state index contributed by atoms with van der Waals surface area (Å²) >= 11 is 0. The minimum atomic E-state index is 1.16. The predicted octanol–water partition coefficient (Wildman–Crippen LogP) is 5.44. The Morgan fingerprint density at radius 3 is 2.77 bits per heavy atom. The molecule has 0 bridgehead atoms. The zero-order valence-electron chi connectivity index (χ0n) is 12.6. The average Bonchev–Trinajstić information content (AvgIpc) is 2.88. The number of rotatable bonds is 0. The van der Waals surface area contributed by atoms with E-state index in [2.05, 4.69) is 72.3 Å². The number of aryl methyl sites for hydroxylation is 2. The zero-order valence-corrected chi connectivity index (χ0v) is 12.6. The Bertz CT molecular complexity index is 1080. The van der Waals surface area contributed by atoms with E-state index in [-0.39, 0.29) is 0 Å². The van der Waals surface area contributed by atoms with Gasteiger partial charge in [-0.2, -0.15) is 0 Å². The van der Waals surface area contributed by atoms with Gasteiger partial charge in [0, 0.05) is 28.9 Å². The van der Waals surface area contributed by atoms with Crippen molar-refractivity contribution in [2.45, 2.75) is 12.8 Å². The summed E-state index contributed by atoms with van der Waals surface area (Å²) in [6.07, 6.45) is 6.93. The van der Waals surface area contributed by atoms with Crippen molar-refractivity contribution in [2.75, 3.05) is 0 Å². The lowest BCUT2D eigenvalue weighted by Gasteiger charge is -2.12. The Morgan fingerprint density at radius 1 is 0.909 bits per heavy atom. The molecule has 0 unspecified atom stereocenters. The summed E-state index contributed by atoms with van der Waals surface area (Å²) in [6, 6.07) is 17.8. The first kappa shape index (κ1) is 12.0. The summed E-state index contributed by atoms with van der Waals surface area (Å²) < 4.78 is 2.37. The number of fused-ring (bicyclic) bond motifs is 7.